The maximum absolute atomic E-state index is 11.3. The highest BCUT2D eigenvalue weighted by atomic mass is 16.6. The van der Waals surface area contributed by atoms with E-state index in [1.807, 2.05) is 0 Å². The van der Waals surface area contributed by atoms with Crippen LogP contribution in [0.15, 0.2) is 11.8 Å². The summed E-state index contributed by atoms with van der Waals surface area (Å²) in [7, 11) is 0. The Morgan fingerprint density at radius 1 is 1.26 bits per heavy atom. The molecule has 0 aromatic rings. The van der Waals surface area contributed by atoms with Crippen molar-refractivity contribution in [3.63, 3.8) is 0 Å². The average molecular weight is 273 g/mol. The van der Waals surface area contributed by atoms with E-state index in [9.17, 15) is 20.1 Å². The van der Waals surface area contributed by atoms with Crippen molar-refractivity contribution in [2.24, 2.45) is 0 Å². The Balaban J connectivity index is 2.05. The van der Waals surface area contributed by atoms with E-state index >= 15 is 0 Å². The Bertz CT molecular complexity index is 371. The predicted molar refractivity (Wildman–Crippen MR) is 63.8 cm³/mol. The second kappa shape index (κ2) is 5.98. The number of allylic oxidation sites excluding steroid dienone is 2. The molecule has 0 unspecified atom stereocenters. The van der Waals surface area contributed by atoms with Crippen molar-refractivity contribution in [1.82, 2.24) is 5.32 Å². The molecule has 0 saturated carbocycles. The Kier molecular flexibility index (Phi) is 4.54. The van der Waals surface area contributed by atoms with Gasteiger partial charge in [-0.3, -0.25) is 4.79 Å². The first-order chi connectivity index (χ1) is 9.02. The SMILES string of the molecule is O=C1C=C(N[C@@H]2[C@@H](O)[C@H](O)[C@@H](CO)O[C@H]2O)CCC1. The number of carbonyl (C=O) groups excluding carboxylic acids is 1. The lowest BCUT2D eigenvalue weighted by molar-refractivity contribution is -0.253. The largest absolute Gasteiger partial charge is 0.394 e. The van der Waals surface area contributed by atoms with Crippen molar-refractivity contribution in [3.05, 3.63) is 11.8 Å². The second-order valence-electron chi connectivity index (χ2n) is 4.89. The number of aliphatic hydroxyl groups excluding tert-OH is 4. The summed E-state index contributed by atoms with van der Waals surface area (Å²) in [5.74, 6) is -0.0109. The zero-order chi connectivity index (χ0) is 14.0. The summed E-state index contributed by atoms with van der Waals surface area (Å²) >= 11 is 0. The van der Waals surface area contributed by atoms with Crippen LogP contribution in [0.1, 0.15) is 19.3 Å². The maximum Gasteiger partial charge on any atom is 0.178 e. The van der Waals surface area contributed by atoms with Crippen molar-refractivity contribution >= 4 is 5.78 Å². The minimum Gasteiger partial charge on any atom is -0.394 e. The molecular formula is C12H19NO6. The van der Waals surface area contributed by atoms with Crippen LogP contribution in [0.3, 0.4) is 0 Å². The van der Waals surface area contributed by atoms with Gasteiger partial charge in [-0.2, -0.15) is 0 Å². The molecule has 7 heteroatoms. The van der Waals surface area contributed by atoms with Crippen LogP contribution in [0.5, 0.6) is 0 Å². The first-order valence-electron chi connectivity index (χ1n) is 6.33. The fourth-order valence-corrected chi connectivity index (χ4v) is 2.37. The molecular weight excluding hydrogens is 254 g/mol. The summed E-state index contributed by atoms with van der Waals surface area (Å²) in [5.41, 5.74) is 0.609. The molecule has 5 atom stereocenters. The number of rotatable bonds is 3. The lowest BCUT2D eigenvalue weighted by Gasteiger charge is -2.41. The maximum atomic E-state index is 11.3. The van der Waals surface area contributed by atoms with Gasteiger partial charge in [0.15, 0.2) is 12.1 Å². The number of ketones is 1. The van der Waals surface area contributed by atoms with Gasteiger partial charge in [0.25, 0.3) is 0 Å². The summed E-state index contributed by atoms with van der Waals surface area (Å²) < 4.78 is 5.02. The van der Waals surface area contributed by atoms with Gasteiger partial charge in [0.1, 0.15) is 24.4 Å². The zero-order valence-corrected chi connectivity index (χ0v) is 10.4. The smallest absolute Gasteiger partial charge is 0.178 e. The van der Waals surface area contributed by atoms with E-state index in [1.54, 1.807) is 0 Å². The predicted octanol–water partition coefficient (Wildman–Crippen LogP) is -1.99. The Morgan fingerprint density at radius 3 is 2.63 bits per heavy atom. The fraction of sp³-hybridized carbons (Fsp3) is 0.750. The quantitative estimate of drug-likeness (QED) is 0.404. The normalized spacial score (nSPS) is 39.9. The van der Waals surface area contributed by atoms with Crippen molar-refractivity contribution in [2.45, 2.75) is 49.9 Å². The van der Waals surface area contributed by atoms with Crippen LogP contribution in [-0.4, -0.2) is 63.5 Å². The minimum atomic E-state index is -1.37. The molecule has 1 saturated heterocycles. The molecule has 2 aliphatic rings. The third-order valence-electron chi connectivity index (χ3n) is 3.46. The van der Waals surface area contributed by atoms with Crippen LogP contribution in [0, 0.1) is 0 Å². The molecule has 0 spiro atoms. The van der Waals surface area contributed by atoms with E-state index in [4.69, 9.17) is 9.84 Å². The number of hydrogen-bond donors (Lipinski definition) is 5. The summed E-state index contributed by atoms with van der Waals surface area (Å²) in [5, 5.41) is 41.2. The zero-order valence-electron chi connectivity index (χ0n) is 10.4. The van der Waals surface area contributed by atoms with E-state index in [2.05, 4.69) is 5.32 Å². The van der Waals surface area contributed by atoms with Crippen LogP contribution in [0.25, 0.3) is 0 Å². The Hall–Kier alpha value is -0.990. The van der Waals surface area contributed by atoms with Crippen LogP contribution < -0.4 is 5.32 Å². The lowest BCUT2D eigenvalue weighted by Crippen LogP contribution is -2.63. The minimum absolute atomic E-state index is 0.0109. The van der Waals surface area contributed by atoms with Crippen molar-refractivity contribution in [2.75, 3.05) is 6.61 Å². The van der Waals surface area contributed by atoms with Crippen LogP contribution in [0.2, 0.25) is 0 Å². The molecule has 0 amide bonds. The highest BCUT2D eigenvalue weighted by Gasteiger charge is 2.43. The monoisotopic (exact) mass is 273 g/mol. The number of ether oxygens (including phenoxy) is 1. The number of hydrogen-bond acceptors (Lipinski definition) is 7. The Labute approximate surface area is 110 Å². The molecule has 7 nitrogen and oxygen atoms in total. The van der Waals surface area contributed by atoms with Crippen molar-refractivity contribution < 1.29 is 30.0 Å². The Morgan fingerprint density at radius 2 is 2.00 bits per heavy atom. The number of nitrogens with one attached hydrogen (secondary N) is 1. The average Bonchev–Trinajstić information content (AvgIpc) is 2.39. The molecule has 0 bridgehead atoms. The summed E-state index contributed by atoms with van der Waals surface area (Å²) in [4.78, 5) is 11.3. The molecule has 0 aromatic heterocycles. The van der Waals surface area contributed by atoms with Gasteiger partial charge in [-0.05, 0) is 12.8 Å². The molecule has 0 radical (unpaired) electrons. The van der Waals surface area contributed by atoms with Crippen molar-refractivity contribution in [1.29, 1.82) is 0 Å². The van der Waals surface area contributed by atoms with Crippen LogP contribution >= 0.6 is 0 Å². The van der Waals surface area contributed by atoms with E-state index in [-0.39, 0.29) is 5.78 Å². The molecule has 108 valence electrons. The topological polar surface area (TPSA) is 119 Å². The van der Waals surface area contributed by atoms with Gasteiger partial charge in [0, 0.05) is 18.2 Å². The van der Waals surface area contributed by atoms with E-state index in [0.717, 1.165) is 0 Å². The van der Waals surface area contributed by atoms with Gasteiger partial charge >= 0.3 is 0 Å². The summed E-state index contributed by atoms with van der Waals surface area (Å²) in [6.45, 7) is -0.497. The first kappa shape index (κ1) is 14.4. The molecule has 1 aliphatic heterocycles. The van der Waals surface area contributed by atoms with Gasteiger partial charge in [-0.15, -0.1) is 0 Å². The second-order valence-corrected chi connectivity index (χ2v) is 4.89. The molecule has 1 heterocycles. The van der Waals surface area contributed by atoms with Crippen LogP contribution in [-0.2, 0) is 9.53 Å². The standard InChI is InChI=1S/C12H19NO6/c14-5-8-10(16)11(17)9(12(18)19-8)13-6-2-1-3-7(15)4-6/h4,8-14,16-18H,1-3,5H2/t8-,9-,10-,11-,12-/m1/s1. The van der Waals surface area contributed by atoms with E-state index < -0.39 is 37.3 Å². The van der Waals surface area contributed by atoms with Gasteiger partial charge in [0.05, 0.1) is 6.61 Å². The molecule has 19 heavy (non-hydrogen) atoms. The summed E-state index contributed by atoms with van der Waals surface area (Å²) in [6, 6.07) is -0.935. The van der Waals surface area contributed by atoms with E-state index in [0.29, 0.717) is 25.0 Å². The molecule has 1 aliphatic carbocycles. The van der Waals surface area contributed by atoms with Gasteiger partial charge in [-0.1, -0.05) is 0 Å². The molecule has 2 rings (SSSR count). The number of aliphatic hydroxyl groups is 4. The van der Waals surface area contributed by atoms with Crippen molar-refractivity contribution in [3.8, 4) is 0 Å². The summed E-state index contributed by atoms with van der Waals surface area (Å²) in [6.07, 6.45) is -1.70. The third kappa shape index (κ3) is 3.13. The third-order valence-corrected chi connectivity index (χ3v) is 3.46. The van der Waals surface area contributed by atoms with Gasteiger partial charge in [0.2, 0.25) is 0 Å². The lowest BCUT2D eigenvalue weighted by atomic mass is 9.95. The molecule has 1 fully saturated rings. The first-order valence-corrected chi connectivity index (χ1v) is 6.33. The van der Waals surface area contributed by atoms with E-state index in [1.165, 1.54) is 6.08 Å². The number of carbonyl (C=O) groups is 1. The fourth-order valence-electron chi connectivity index (χ4n) is 2.37. The highest BCUT2D eigenvalue weighted by molar-refractivity contribution is 5.91. The molecule has 0 aromatic carbocycles. The van der Waals surface area contributed by atoms with Crippen LogP contribution in [0.4, 0.5) is 0 Å². The van der Waals surface area contributed by atoms with Gasteiger partial charge < -0.3 is 30.5 Å². The highest BCUT2D eigenvalue weighted by Crippen LogP contribution is 2.22. The van der Waals surface area contributed by atoms with Gasteiger partial charge in [-0.25, -0.2) is 0 Å². The molecule has 5 N–H and O–H groups in total.